The Morgan fingerprint density at radius 2 is 1.90 bits per heavy atom. The van der Waals surface area contributed by atoms with Gasteiger partial charge in [0.1, 0.15) is 13.2 Å². The van der Waals surface area contributed by atoms with E-state index in [1.54, 1.807) is 0 Å². The molecular formula is C16H17ClN2O2. The highest BCUT2D eigenvalue weighted by Crippen LogP contribution is 2.40. The van der Waals surface area contributed by atoms with Gasteiger partial charge in [0.2, 0.25) is 0 Å². The Bertz CT molecular complexity index is 619. The highest BCUT2D eigenvalue weighted by Gasteiger charge is 2.20. The van der Waals surface area contributed by atoms with Gasteiger partial charge in [-0.1, -0.05) is 29.8 Å². The second-order valence-corrected chi connectivity index (χ2v) is 5.23. The molecule has 1 aliphatic rings. The van der Waals surface area contributed by atoms with E-state index in [1.807, 2.05) is 42.5 Å². The Morgan fingerprint density at radius 3 is 2.67 bits per heavy atom. The first-order valence-electron chi connectivity index (χ1n) is 6.88. The molecule has 2 aromatic carbocycles. The van der Waals surface area contributed by atoms with Gasteiger partial charge >= 0.3 is 0 Å². The maximum absolute atomic E-state index is 6.28. The first kappa shape index (κ1) is 14.0. The van der Waals surface area contributed by atoms with Gasteiger partial charge in [0.25, 0.3) is 0 Å². The lowest BCUT2D eigenvalue weighted by atomic mass is 10.1. The van der Waals surface area contributed by atoms with Gasteiger partial charge < -0.3 is 20.5 Å². The Labute approximate surface area is 128 Å². The molecule has 0 aromatic heterocycles. The number of benzene rings is 2. The molecule has 0 fully saturated rings. The van der Waals surface area contributed by atoms with E-state index < -0.39 is 0 Å². The number of hydrogen-bond acceptors (Lipinski definition) is 4. The molecule has 3 N–H and O–H groups in total. The zero-order chi connectivity index (χ0) is 14.7. The molecule has 21 heavy (non-hydrogen) atoms. The molecule has 3 rings (SSSR count). The lowest BCUT2D eigenvalue weighted by Crippen LogP contribution is -2.21. The molecule has 110 valence electrons. The third-order valence-electron chi connectivity index (χ3n) is 3.37. The Kier molecular flexibility index (Phi) is 4.18. The van der Waals surface area contributed by atoms with E-state index in [0.717, 1.165) is 11.3 Å². The molecule has 0 spiro atoms. The number of para-hydroxylation sites is 1. The van der Waals surface area contributed by atoms with Crippen molar-refractivity contribution in [3.05, 3.63) is 53.1 Å². The average Bonchev–Trinajstić information content (AvgIpc) is 2.53. The van der Waals surface area contributed by atoms with Crippen molar-refractivity contribution < 1.29 is 9.47 Å². The van der Waals surface area contributed by atoms with Crippen LogP contribution in [0.2, 0.25) is 5.02 Å². The number of fused-ring (bicyclic) bond motifs is 1. The van der Waals surface area contributed by atoms with Crippen LogP contribution < -0.4 is 20.5 Å². The predicted molar refractivity (Wildman–Crippen MR) is 84.3 cm³/mol. The van der Waals surface area contributed by atoms with Crippen LogP contribution in [0.15, 0.2) is 42.5 Å². The van der Waals surface area contributed by atoms with Crippen LogP contribution in [0.5, 0.6) is 11.5 Å². The van der Waals surface area contributed by atoms with Crippen molar-refractivity contribution in [2.45, 2.75) is 6.04 Å². The van der Waals surface area contributed by atoms with Crippen molar-refractivity contribution in [3.8, 4) is 11.5 Å². The number of ether oxygens (including phenoxy) is 2. The molecule has 0 saturated heterocycles. The highest BCUT2D eigenvalue weighted by molar-refractivity contribution is 6.32. The third kappa shape index (κ3) is 3.06. The fourth-order valence-electron chi connectivity index (χ4n) is 2.35. The standard InChI is InChI=1S/C16H17ClN2O2/c17-13-8-11(9-15-16(13)21-7-6-20-15)14(10-18)19-12-4-2-1-3-5-12/h1-5,8-9,14,19H,6-7,10,18H2. The summed E-state index contributed by atoms with van der Waals surface area (Å²) >= 11 is 6.28. The zero-order valence-electron chi connectivity index (χ0n) is 11.5. The number of hydrogen-bond donors (Lipinski definition) is 2. The van der Waals surface area contributed by atoms with E-state index in [1.165, 1.54) is 0 Å². The van der Waals surface area contributed by atoms with Crippen molar-refractivity contribution in [2.75, 3.05) is 25.1 Å². The maximum atomic E-state index is 6.28. The van der Waals surface area contributed by atoms with E-state index in [2.05, 4.69) is 5.32 Å². The molecule has 0 aliphatic carbocycles. The number of nitrogens with two attached hydrogens (primary N) is 1. The van der Waals surface area contributed by atoms with Crippen molar-refractivity contribution >= 4 is 17.3 Å². The van der Waals surface area contributed by atoms with Gasteiger partial charge in [0, 0.05) is 12.2 Å². The highest BCUT2D eigenvalue weighted by atomic mass is 35.5. The number of halogens is 1. The lowest BCUT2D eigenvalue weighted by molar-refractivity contribution is 0.171. The first-order chi connectivity index (χ1) is 10.3. The normalized spacial score (nSPS) is 14.6. The van der Waals surface area contributed by atoms with Crippen LogP contribution in [0.4, 0.5) is 5.69 Å². The molecule has 1 aliphatic heterocycles. The molecule has 1 atom stereocenters. The number of anilines is 1. The molecule has 5 heteroatoms. The lowest BCUT2D eigenvalue weighted by Gasteiger charge is -2.24. The van der Waals surface area contributed by atoms with Crippen LogP contribution in [0, 0.1) is 0 Å². The van der Waals surface area contributed by atoms with Gasteiger partial charge in [-0.2, -0.15) is 0 Å². The number of rotatable bonds is 4. The van der Waals surface area contributed by atoms with Gasteiger partial charge in [-0.3, -0.25) is 0 Å². The summed E-state index contributed by atoms with van der Waals surface area (Å²) in [6.45, 7) is 1.51. The smallest absolute Gasteiger partial charge is 0.179 e. The Balaban J connectivity index is 1.88. The monoisotopic (exact) mass is 304 g/mol. The van der Waals surface area contributed by atoms with Crippen LogP contribution >= 0.6 is 11.6 Å². The predicted octanol–water partition coefficient (Wildman–Crippen LogP) is 3.22. The van der Waals surface area contributed by atoms with Gasteiger partial charge in [-0.05, 0) is 29.8 Å². The first-order valence-corrected chi connectivity index (χ1v) is 7.26. The minimum atomic E-state index is -0.0410. The van der Waals surface area contributed by atoms with Crippen LogP contribution in [0.3, 0.4) is 0 Å². The summed E-state index contributed by atoms with van der Waals surface area (Å²) in [6, 6.07) is 13.7. The van der Waals surface area contributed by atoms with Crippen molar-refractivity contribution in [2.24, 2.45) is 5.73 Å². The summed E-state index contributed by atoms with van der Waals surface area (Å²) in [5, 5.41) is 3.95. The number of nitrogens with one attached hydrogen (secondary N) is 1. The second-order valence-electron chi connectivity index (χ2n) is 4.83. The van der Waals surface area contributed by atoms with E-state index in [0.29, 0.717) is 36.3 Å². The van der Waals surface area contributed by atoms with E-state index >= 15 is 0 Å². The van der Waals surface area contributed by atoms with Gasteiger partial charge in [0.05, 0.1) is 11.1 Å². The van der Waals surface area contributed by atoms with Gasteiger partial charge in [0.15, 0.2) is 11.5 Å². The minimum absolute atomic E-state index is 0.0410. The SMILES string of the molecule is NCC(Nc1ccccc1)c1cc(Cl)c2c(c1)OCCO2. The summed E-state index contributed by atoms with van der Waals surface area (Å²) in [6.07, 6.45) is 0. The molecule has 0 amide bonds. The van der Waals surface area contributed by atoms with Gasteiger partial charge in [-0.15, -0.1) is 0 Å². The largest absolute Gasteiger partial charge is 0.486 e. The molecule has 1 unspecified atom stereocenters. The summed E-state index contributed by atoms with van der Waals surface area (Å²) in [4.78, 5) is 0. The van der Waals surface area contributed by atoms with Gasteiger partial charge in [-0.25, -0.2) is 0 Å². The Morgan fingerprint density at radius 1 is 1.14 bits per heavy atom. The summed E-state index contributed by atoms with van der Waals surface area (Å²) < 4.78 is 11.1. The fourth-order valence-corrected chi connectivity index (χ4v) is 2.62. The summed E-state index contributed by atoms with van der Waals surface area (Å²) in [5.74, 6) is 1.29. The van der Waals surface area contributed by atoms with Crippen molar-refractivity contribution in [1.29, 1.82) is 0 Å². The second kappa shape index (κ2) is 6.24. The van der Waals surface area contributed by atoms with Crippen molar-refractivity contribution in [3.63, 3.8) is 0 Å². The fraction of sp³-hybridized carbons (Fsp3) is 0.250. The molecule has 4 nitrogen and oxygen atoms in total. The van der Waals surface area contributed by atoms with Crippen LogP contribution in [-0.2, 0) is 0 Å². The topological polar surface area (TPSA) is 56.5 Å². The molecule has 0 radical (unpaired) electrons. The average molecular weight is 305 g/mol. The van der Waals surface area contributed by atoms with E-state index in [9.17, 15) is 0 Å². The quantitative estimate of drug-likeness (QED) is 0.910. The van der Waals surface area contributed by atoms with Crippen LogP contribution in [-0.4, -0.2) is 19.8 Å². The van der Waals surface area contributed by atoms with E-state index in [4.69, 9.17) is 26.8 Å². The molecule has 2 aromatic rings. The minimum Gasteiger partial charge on any atom is -0.486 e. The van der Waals surface area contributed by atoms with E-state index in [-0.39, 0.29) is 6.04 Å². The summed E-state index contributed by atoms with van der Waals surface area (Å²) in [5.41, 5.74) is 7.90. The van der Waals surface area contributed by atoms with Crippen molar-refractivity contribution in [1.82, 2.24) is 0 Å². The summed E-state index contributed by atoms with van der Waals surface area (Å²) in [7, 11) is 0. The molecular weight excluding hydrogens is 288 g/mol. The third-order valence-corrected chi connectivity index (χ3v) is 3.65. The Hall–Kier alpha value is -1.91. The molecule has 0 saturated carbocycles. The molecule has 1 heterocycles. The zero-order valence-corrected chi connectivity index (χ0v) is 12.3. The molecule has 0 bridgehead atoms. The van der Waals surface area contributed by atoms with Crippen LogP contribution in [0.1, 0.15) is 11.6 Å². The maximum Gasteiger partial charge on any atom is 0.179 e. The van der Waals surface area contributed by atoms with Crippen LogP contribution in [0.25, 0.3) is 0 Å².